The number of benzene rings is 1. The van der Waals surface area contributed by atoms with Crippen molar-refractivity contribution >= 4 is 0 Å². The molecular weight excluding hydrogens is 217 g/mol. The van der Waals surface area contributed by atoms with E-state index in [2.05, 4.69) is 4.74 Å². The molecule has 1 aromatic rings. The van der Waals surface area contributed by atoms with Gasteiger partial charge >= 0.3 is 6.36 Å². The Morgan fingerprint density at radius 3 is 2.38 bits per heavy atom. The van der Waals surface area contributed by atoms with Crippen molar-refractivity contribution in [2.45, 2.75) is 33.6 Å². The molecular formula is C12H15F3O. The van der Waals surface area contributed by atoms with Crippen molar-refractivity contribution in [2.24, 2.45) is 5.92 Å². The molecule has 90 valence electrons. The molecule has 0 bridgehead atoms. The molecule has 0 unspecified atom stereocenters. The molecule has 0 N–H and O–H groups in total. The minimum Gasteiger partial charge on any atom is -0.405 e. The maximum atomic E-state index is 12.2. The molecule has 0 radical (unpaired) electrons. The van der Waals surface area contributed by atoms with Crippen LogP contribution in [0.1, 0.15) is 25.0 Å². The lowest BCUT2D eigenvalue weighted by Crippen LogP contribution is -2.18. The summed E-state index contributed by atoms with van der Waals surface area (Å²) in [5.74, 6) is 0.208. The predicted molar refractivity (Wildman–Crippen MR) is 56.4 cm³/mol. The highest BCUT2D eigenvalue weighted by Gasteiger charge is 2.32. The van der Waals surface area contributed by atoms with Crippen molar-refractivity contribution in [3.63, 3.8) is 0 Å². The summed E-state index contributed by atoms with van der Waals surface area (Å²) in [7, 11) is 0. The van der Waals surface area contributed by atoms with Gasteiger partial charge in [-0.05, 0) is 36.5 Å². The van der Waals surface area contributed by atoms with Crippen molar-refractivity contribution in [1.29, 1.82) is 0 Å². The highest BCUT2D eigenvalue weighted by Crippen LogP contribution is 2.28. The molecule has 0 heterocycles. The molecule has 0 fully saturated rings. The monoisotopic (exact) mass is 232 g/mol. The summed E-state index contributed by atoms with van der Waals surface area (Å²) in [4.78, 5) is 0. The lowest BCUT2D eigenvalue weighted by atomic mass is 10.0. The molecule has 0 aliphatic heterocycles. The van der Waals surface area contributed by atoms with Gasteiger partial charge in [0.2, 0.25) is 0 Å². The quantitative estimate of drug-likeness (QED) is 0.762. The molecule has 0 saturated heterocycles. The number of hydrogen-bond donors (Lipinski definition) is 0. The van der Waals surface area contributed by atoms with E-state index in [1.54, 1.807) is 19.1 Å². The maximum Gasteiger partial charge on any atom is 0.573 e. The fourth-order valence-corrected chi connectivity index (χ4v) is 1.49. The summed E-state index contributed by atoms with van der Waals surface area (Å²) in [6.45, 7) is 5.65. The van der Waals surface area contributed by atoms with E-state index in [4.69, 9.17) is 0 Å². The van der Waals surface area contributed by atoms with E-state index in [1.807, 2.05) is 13.8 Å². The van der Waals surface area contributed by atoms with E-state index in [9.17, 15) is 13.2 Å². The zero-order valence-electron chi connectivity index (χ0n) is 9.56. The van der Waals surface area contributed by atoms with Crippen molar-refractivity contribution < 1.29 is 17.9 Å². The van der Waals surface area contributed by atoms with Crippen LogP contribution in [0.25, 0.3) is 0 Å². The van der Waals surface area contributed by atoms with Crippen molar-refractivity contribution in [2.75, 3.05) is 0 Å². The normalized spacial score (nSPS) is 11.9. The molecule has 0 aromatic heterocycles. The van der Waals surface area contributed by atoms with Crippen molar-refractivity contribution in [1.82, 2.24) is 0 Å². The predicted octanol–water partition coefficient (Wildman–Crippen LogP) is 4.09. The lowest BCUT2D eigenvalue weighted by Gasteiger charge is -2.15. The molecule has 0 aliphatic rings. The van der Waals surface area contributed by atoms with Crippen LogP contribution >= 0.6 is 0 Å². The number of halogens is 3. The average Bonchev–Trinajstić information content (AvgIpc) is 2.06. The van der Waals surface area contributed by atoms with Gasteiger partial charge in [-0.3, -0.25) is 0 Å². The average molecular weight is 232 g/mol. The van der Waals surface area contributed by atoms with Gasteiger partial charge in [-0.2, -0.15) is 0 Å². The third kappa shape index (κ3) is 4.13. The molecule has 0 spiro atoms. The van der Waals surface area contributed by atoms with Crippen LogP contribution in [-0.2, 0) is 6.42 Å². The summed E-state index contributed by atoms with van der Waals surface area (Å²) in [6, 6.07) is 4.91. The van der Waals surface area contributed by atoms with E-state index in [-0.39, 0.29) is 5.75 Å². The largest absolute Gasteiger partial charge is 0.573 e. The van der Waals surface area contributed by atoms with E-state index < -0.39 is 6.36 Å². The Labute approximate surface area is 93.2 Å². The van der Waals surface area contributed by atoms with E-state index >= 15 is 0 Å². The molecule has 1 aromatic carbocycles. The summed E-state index contributed by atoms with van der Waals surface area (Å²) in [5, 5.41) is 0. The van der Waals surface area contributed by atoms with Gasteiger partial charge in [0, 0.05) is 0 Å². The van der Waals surface area contributed by atoms with Crippen LogP contribution in [-0.4, -0.2) is 6.36 Å². The smallest absolute Gasteiger partial charge is 0.405 e. The van der Waals surface area contributed by atoms with Gasteiger partial charge in [-0.25, -0.2) is 0 Å². The number of ether oxygens (including phenoxy) is 1. The summed E-state index contributed by atoms with van der Waals surface area (Å²) in [5.41, 5.74) is 1.35. The van der Waals surface area contributed by atoms with Crippen LogP contribution in [0, 0.1) is 12.8 Å². The summed E-state index contributed by atoms with van der Waals surface area (Å²) < 4.78 is 40.5. The van der Waals surface area contributed by atoms with Crippen molar-refractivity contribution in [3.05, 3.63) is 29.3 Å². The number of rotatable bonds is 3. The fourth-order valence-electron chi connectivity index (χ4n) is 1.49. The Kier molecular flexibility index (Phi) is 3.83. The molecule has 4 heteroatoms. The summed E-state index contributed by atoms with van der Waals surface area (Å²) >= 11 is 0. The first-order valence-electron chi connectivity index (χ1n) is 5.13. The van der Waals surface area contributed by atoms with E-state index in [0.717, 1.165) is 5.56 Å². The first-order chi connectivity index (χ1) is 7.28. The first kappa shape index (κ1) is 12.9. The highest BCUT2D eigenvalue weighted by molar-refractivity contribution is 5.37. The number of alkyl halides is 3. The molecule has 16 heavy (non-hydrogen) atoms. The van der Waals surface area contributed by atoms with Crippen LogP contribution < -0.4 is 4.74 Å². The van der Waals surface area contributed by atoms with Crippen molar-refractivity contribution in [3.8, 4) is 5.75 Å². The van der Waals surface area contributed by atoms with Gasteiger partial charge in [-0.15, -0.1) is 13.2 Å². The molecule has 0 atom stereocenters. The topological polar surface area (TPSA) is 9.23 Å². The van der Waals surface area contributed by atoms with Crippen LogP contribution in [0.2, 0.25) is 0 Å². The number of hydrogen-bond acceptors (Lipinski definition) is 1. The second-order valence-corrected chi connectivity index (χ2v) is 4.26. The zero-order chi connectivity index (χ0) is 12.3. The second kappa shape index (κ2) is 4.76. The van der Waals surface area contributed by atoms with Gasteiger partial charge in [-0.1, -0.05) is 26.0 Å². The van der Waals surface area contributed by atoms with E-state index in [0.29, 0.717) is 17.9 Å². The second-order valence-electron chi connectivity index (χ2n) is 4.26. The molecule has 1 nitrogen and oxygen atoms in total. The zero-order valence-corrected chi connectivity index (χ0v) is 9.56. The summed E-state index contributed by atoms with van der Waals surface area (Å²) in [6.07, 6.45) is -4.05. The standard InChI is InChI=1S/C12H15F3O/c1-8(2)6-10-5-4-9(3)7-11(10)16-12(13,14)15/h4-5,7-8H,6H2,1-3H3. The van der Waals surface area contributed by atoms with Crippen LogP contribution in [0.3, 0.4) is 0 Å². The van der Waals surface area contributed by atoms with Gasteiger partial charge in [0.1, 0.15) is 5.75 Å². The van der Waals surface area contributed by atoms with Crippen LogP contribution in [0.5, 0.6) is 5.75 Å². The third-order valence-corrected chi connectivity index (χ3v) is 2.08. The third-order valence-electron chi connectivity index (χ3n) is 2.08. The van der Waals surface area contributed by atoms with Gasteiger partial charge < -0.3 is 4.74 Å². The maximum absolute atomic E-state index is 12.2. The minimum absolute atomic E-state index is 0.0822. The molecule has 0 aliphatic carbocycles. The molecule has 1 rings (SSSR count). The van der Waals surface area contributed by atoms with E-state index in [1.165, 1.54) is 6.07 Å². The fraction of sp³-hybridized carbons (Fsp3) is 0.500. The first-order valence-corrected chi connectivity index (χ1v) is 5.13. The van der Waals surface area contributed by atoms with Crippen LogP contribution in [0.4, 0.5) is 13.2 Å². The minimum atomic E-state index is -4.63. The Bertz CT molecular complexity index is 356. The lowest BCUT2D eigenvalue weighted by molar-refractivity contribution is -0.274. The Morgan fingerprint density at radius 1 is 1.25 bits per heavy atom. The SMILES string of the molecule is Cc1ccc(CC(C)C)c(OC(F)(F)F)c1. The highest BCUT2D eigenvalue weighted by atomic mass is 19.4. The Hall–Kier alpha value is -1.19. The Morgan fingerprint density at radius 2 is 1.88 bits per heavy atom. The van der Waals surface area contributed by atoms with Gasteiger partial charge in [0.05, 0.1) is 0 Å². The van der Waals surface area contributed by atoms with Gasteiger partial charge in [0.15, 0.2) is 0 Å². The Balaban J connectivity index is 2.98. The number of aryl methyl sites for hydroxylation is 1. The van der Waals surface area contributed by atoms with Crippen LogP contribution in [0.15, 0.2) is 18.2 Å². The molecule has 0 amide bonds. The van der Waals surface area contributed by atoms with Gasteiger partial charge in [0.25, 0.3) is 0 Å². The molecule has 0 saturated carbocycles.